The number of hydrogen-bond donors (Lipinski definition) is 3. The molecule has 0 aliphatic rings. The van der Waals surface area contributed by atoms with Crippen LogP contribution < -0.4 is 16.6 Å². The number of nitrogens with two attached hydrogens (primary N) is 1. The van der Waals surface area contributed by atoms with Gasteiger partial charge in [-0.05, 0) is 6.92 Å². The van der Waals surface area contributed by atoms with Crippen molar-refractivity contribution in [2.75, 3.05) is 30.7 Å². The van der Waals surface area contributed by atoms with Crippen LogP contribution in [0.4, 0.5) is 11.6 Å². The molecule has 2 atom stereocenters. The summed E-state index contributed by atoms with van der Waals surface area (Å²) in [5.74, 6) is 6.99. The van der Waals surface area contributed by atoms with Crippen molar-refractivity contribution in [1.29, 1.82) is 0 Å². The number of aromatic nitrogens is 2. The van der Waals surface area contributed by atoms with Gasteiger partial charge in [0.25, 0.3) is 0 Å². The van der Waals surface area contributed by atoms with E-state index in [9.17, 15) is 4.21 Å². The highest BCUT2D eigenvalue weighted by molar-refractivity contribution is 7.84. The molecule has 0 aliphatic heterocycles. The number of ether oxygens (including phenoxy) is 1. The van der Waals surface area contributed by atoms with Gasteiger partial charge in [0.05, 0.1) is 0 Å². The van der Waals surface area contributed by atoms with Crippen LogP contribution in [0.3, 0.4) is 0 Å². The van der Waals surface area contributed by atoms with Crippen LogP contribution in [0.15, 0.2) is 6.07 Å². The molecule has 7 nitrogen and oxygen atoms in total. The van der Waals surface area contributed by atoms with Crippen molar-refractivity contribution in [3.05, 3.63) is 11.9 Å². The summed E-state index contributed by atoms with van der Waals surface area (Å²) >= 11 is 0. The Labute approximate surface area is 109 Å². The molecule has 0 spiro atoms. The van der Waals surface area contributed by atoms with Gasteiger partial charge < -0.3 is 15.5 Å². The van der Waals surface area contributed by atoms with Crippen LogP contribution in [0.5, 0.6) is 0 Å². The molecule has 18 heavy (non-hydrogen) atoms. The lowest BCUT2D eigenvalue weighted by Gasteiger charge is -2.12. The molecule has 0 aliphatic carbocycles. The lowest BCUT2D eigenvalue weighted by molar-refractivity contribution is 0.178. The van der Waals surface area contributed by atoms with E-state index in [0.717, 1.165) is 0 Å². The molecule has 0 aromatic carbocycles. The van der Waals surface area contributed by atoms with Crippen LogP contribution in [-0.2, 0) is 22.1 Å². The Morgan fingerprint density at radius 3 is 2.72 bits per heavy atom. The molecule has 0 radical (unpaired) electrons. The fourth-order valence-electron chi connectivity index (χ4n) is 1.22. The smallest absolute Gasteiger partial charge is 0.158 e. The summed E-state index contributed by atoms with van der Waals surface area (Å²) in [4.78, 5) is 8.39. The predicted octanol–water partition coefficient (Wildman–Crippen LogP) is 0.0875. The Kier molecular flexibility index (Phi) is 5.96. The van der Waals surface area contributed by atoms with Gasteiger partial charge in [-0.15, -0.1) is 0 Å². The number of hydrogen-bond acceptors (Lipinski definition) is 7. The van der Waals surface area contributed by atoms with E-state index in [4.69, 9.17) is 10.6 Å². The predicted molar refractivity (Wildman–Crippen MR) is 72.6 cm³/mol. The molecule has 0 amide bonds. The molecule has 8 heteroatoms. The lowest BCUT2D eigenvalue weighted by atomic mass is 10.4. The Morgan fingerprint density at radius 2 is 2.17 bits per heavy atom. The maximum Gasteiger partial charge on any atom is 0.158 e. The number of nitrogens with zero attached hydrogens (tertiary/aromatic N) is 2. The molecule has 0 fully saturated rings. The van der Waals surface area contributed by atoms with Crippen molar-refractivity contribution >= 4 is 22.4 Å². The molecule has 0 bridgehead atoms. The van der Waals surface area contributed by atoms with E-state index in [1.54, 1.807) is 19.4 Å². The zero-order chi connectivity index (χ0) is 13.5. The van der Waals surface area contributed by atoms with Crippen molar-refractivity contribution < 1.29 is 8.95 Å². The molecule has 1 heterocycles. The molecule has 1 rings (SSSR count). The first kappa shape index (κ1) is 14.8. The third kappa shape index (κ3) is 4.55. The number of hydrazine groups is 1. The number of nitrogens with one attached hydrogen (secondary N) is 2. The van der Waals surface area contributed by atoms with Gasteiger partial charge in [0.15, 0.2) is 5.82 Å². The number of anilines is 2. The summed E-state index contributed by atoms with van der Waals surface area (Å²) in [6, 6.07) is 1.68. The van der Waals surface area contributed by atoms with Gasteiger partial charge in [0.2, 0.25) is 0 Å². The standard InChI is InChI=1S/C10H19N5O2S/c1-7(18(3)16)5-12-8-4-9(15-11)14-10(13-8)6-17-2/h4,7H,5-6,11H2,1-3H3,(H2,12,13,14,15). The highest BCUT2D eigenvalue weighted by Gasteiger charge is 2.08. The Morgan fingerprint density at radius 1 is 1.50 bits per heavy atom. The number of rotatable bonds is 7. The monoisotopic (exact) mass is 273 g/mol. The Hall–Kier alpha value is -1.25. The maximum absolute atomic E-state index is 11.2. The second kappa shape index (κ2) is 7.24. The van der Waals surface area contributed by atoms with Crippen molar-refractivity contribution in [3.63, 3.8) is 0 Å². The topological polar surface area (TPSA) is 102 Å². The number of nitrogen functional groups attached to an aromatic ring is 1. The molecule has 102 valence electrons. The van der Waals surface area contributed by atoms with E-state index in [1.165, 1.54) is 0 Å². The van der Waals surface area contributed by atoms with Gasteiger partial charge in [-0.1, -0.05) is 0 Å². The van der Waals surface area contributed by atoms with Crippen LogP contribution in [0, 0.1) is 0 Å². The summed E-state index contributed by atoms with van der Waals surface area (Å²) in [6.45, 7) is 2.78. The highest BCUT2D eigenvalue weighted by Crippen LogP contribution is 2.11. The molecular formula is C10H19N5O2S. The maximum atomic E-state index is 11.2. The van der Waals surface area contributed by atoms with Gasteiger partial charge in [-0.25, -0.2) is 15.8 Å². The van der Waals surface area contributed by atoms with Crippen LogP contribution >= 0.6 is 0 Å². The zero-order valence-electron chi connectivity index (χ0n) is 10.8. The molecule has 2 unspecified atom stereocenters. The summed E-state index contributed by atoms with van der Waals surface area (Å²) in [5.41, 5.74) is 2.47. The highest BCUT2D eigenvalue weighted by atomic mass is 32.2. The molecule has 4 N–H and O–H groups in total. The van der Waals surface area contributed by atoms with E-state index in [2.05, 4.69) is 20.7 Å². The van der Waals surface area contributed by atoms with Gasteiger partial charge >= 0.3 is 0 Å². The third-order valence-electron chi connectivity index (χ3n) is 2.33. The minimum absolute atomic E-state index is 0.0418. The first-order valence-corrected chi connectivity index (χ1v) is 7.08. The molecule has 1 aromatic heterocycles. The van der Waals surface area contributed by atoms with Crippen molar-refractivity contribution in [3.8, 4) is 0 Å². The summed E-state index contributed by atoms with van der Waals surface area (Å²) < 4.78 is 16.2. The zero-order valence-corrected chi connectivity index (χ0v) is 11.6. The molecule has 0 saturated heterocycles. The first-order chi connectivity index (χ1) is 8.56. The van der Waals surface area contributed by atoms with Gasteiger partial charge in [-0.3, -0.25) is 4.21 Å². The van der Waals surface area contributed by atoms with E-state index >= 15 is 0 Å². The average Bonchev–Trinajstić information content (AvgIpc) is 2.35. The first-order valence-electron chi connectivity index (χ1n) is 5.46. The average molecular weight is 273 g/mol. The fourth-order valence-corrected chi connectivity index (χ4v) is 1.54. The third-order valence-corrected chi connectivity index (χ3v) is 3.63. The van der Waals surface area contributed by atoms with E-state index in [1.807, 2.05) is 6.92 Å². The summed E-state index contributed by atoms with van der Waals surface area (Å²) in [6.07, 6.45) is 1.68. The van der Waals surface area contributed by atoms with Crippen molar-refractivity contribution in [2.45, 2.75) is 18.8 Å². The van der Waals surface area contributed by atoms with Crippen LogP contribution in [-0.4, -0.2) is 39.3 Å². The Balaban J connectivity index is 2.74. The van der Waals surface area contributed by atoms with Gasteiger partial charge in [0.1, 0.15) is 18.2 Å². The van der Waals surface area contributed by atoms with Crippen molar-refractivity contribution in [1.82, 2.24) is 9.97 Å². The van der Waals surface area contributed by atoms with E-state index in [0.29, 0.717) is 30.6 Å². The SMILES string of the molecule is COCc1nc(NN)cc(NCC(C)S(C)=O)n1. The second-order valence-electron chi connectivity index (χ2n) is 3.82. The van der Waals surface area contributed by atoms with E-state index < -0.39 is 10.8 Å². The van der Waals surface area contributed by atoms with Gasteiger partial charge in [0, 0.05) is 42.0 Å². The summed E-state index contributed by atoms with van der Waals surface area (Å²) in [5, 5.41) is 3.15. The quantitative estimate of drug-likeness (QED) is 0.478. The minimum atomic E-state index is -0.871. The number of methoxy groups -OCH3 is 1. The largest absolute Gasteiger partial charge is 0.377 e. The van der Waals surface area contributed by atoms with Crippen LogP contribution in [0.1, 0.15) is 12.7 Å². The summed E-state index contributed by atoms with van der Waals surface area (Å²) in [7, 11) is 0.700. The normalized spacial score (nSPS) is 14.0. The van der Waals surface area contributed by atoms with Crippen LogP contribution in [0.25, 0.3) is 0 Å². The molecular weight excluding hydrogens is 254 g/mol. The van der Waals surface area contributed by atoms with E-state index in [-0.39, 0.29) is 5.25 Å². The van der Waals surface area contributed by atoms with Gasteiger partial charge in [-0.2, -0.15) is 0 Å². The fraction of sp³-hybridized carbons (Fsp3) is 0.600. The second-order valence-corrected chi connectivity index (χ2v) is 5.62. The lowest BCUT2D eigenvalue weighted by Crippen LogP contribution is -2.22. The molecule has 1 aromatic rings. The van der Waals surface area contributed by atoms with Crippen LogP contribution in [0.2, 0.25) is 0 Å². The minimum Gasteiger partial charge on any atom is -0.377 e. The Bertz CT molecular complexity index is 415. The van der Waals surface area contributed by atoms with Crippen molar-refractivity contribution in [2.24, 2.45) is 5.84 Å². The molecule has 0 saturated carbocycles.